The number of amides is 1. The Bertz CT molecular complexity index is 1230. The fraction of sp³-hybridized carbons (Fsp3) is 0.100. The minimum absolute atomic E-state index is 0.178. The van der Waals surface area contributed by atoms with Crippen LogP contribution in [0.2, 0.25) is 5.15 Å². The number of nitrogens with zero attached hydrogens (tertiary/aromatic N) is 2. The van der Waals surface area contributed by atoms with Gasteiger partial charge in [-0.1, -0.05) is 29.8 Å². The van der Waals surface area contributed by atoms with E-state index in [1.54, 1.807) is 6.07 Å². The molecule has 154 valence electrons. The highest BCUT2D eigenvalue weighted by molar-refractivity contribution is 6.33. The summed E-state index contributed by atoms with van der Waals surface area (Å²) in [5, 5.41) is 2.12. The van der Waals surface area contributed by atoms with E-state index in [9.17, 15) is 22.4 Å². The number of halogens is 5. The van der Waals surface area contributed by atoms with Crippen molar-refractivity contribution in [3.05, 3.63) is 82.9 Å². The van der Waals surface area contributed by atoms with Crippen LogP contribution < -0.4 is 5.32 Å². The number of carbonyl (C=O) groups excluding carboxylic acids is 1. The quantitative estimate of drug-likeness (QED) is 0.439. The van der Waals surface area contributed by atoms with Gasteiger partial charge in [-0.25, -0.2) is 9.37 Å². The molecule has 0 atom stereocenters. The Morgan fingerprint density at radius 1 is 1.20 bits per heavy atom. The Hall–Kier alpha value is -3.33. The Kier molecular flexibility index (Phi) is 4.98. The van der Waals surface area contributed by atoms with E-state index in [-0.39, 0.29) is 22.8 Å². The van der Waals surface area contributed by atoms with E-state index in [0.717, 1.165) is 10.5 Å². The van der Waals surface area contributed by atoms with Crippen molar-refractivity contribution in [2.45, 2.75) is 12.7 Å². The number of alkyl halides is 3. The van der Waals surface area contributed by atoms with Crippen LogP contribution in [0.1, 0.15) is 21.6 Å². The van der Waals surface area contributed by atoms with Gasteiger partial charge in [0.15, 0.2) is 11.3 Å². The van der Waals surface area contributed by atoms with Gasteiger partial charge in [0.05, 0.1) is 18.1 Å². The van der Waals surface area contributed by atoms with Crippen LogP contribution in [0.3, 0.4) is 0 Å². The van der Waals surface area contributed by atoms with Gasteiger partial charge >= 0.3 is 6.18 Å². The van der Waals surface area contributed by atoms with Crippen LogP contribution in [-0.2, 0) is 12.7 Å². The fourth-order valence-electron chi connectivity index (χ4n) is 2.96. The normalized spacial score (nSPS) is 11.8. The molecule has 0 aliphatic carbocycles. The molecule has 0 unspecified atom stereocenters. The van der Waals surface area contributed by atoms with Crippen LogP contribution >= 0.6 is 11.6 Å². The number of aromatic nitrogens is 2. The monoisotopic (exact) mass is 437 g/mol. The number of hydrogen-bond donors (Lipinski definition) is 1. The van der Waals surface area contributed by atoms with Gasteiger partial charge in [-0.3, -0.25) is 9.20 Å². The lowest BCUT2D eigenvalue weighted by Gasteiger charge is -2.10. The molecule has 0 aliphatic rings. The predicted octanol–water partition coefficient (Wildman–Crippen LogP) is 5.34. The van der Waals surface area contributed by atoms with Gasteiger partial charge < -0.3 is 9.73 Å². The molecule has 0 aliphatic heterocycles. The van der Waals surface area contributed by atoms with Crippen LogP contribution in [0.15, 0.2) is 59.5 Å². The van der Waals surface area contributed by atoms with Gasteiger partial charge in [0.1, 0.15) is 11.0 Å². The minimum Gasteiger partial charge on any atom is -0.472 e. The first-order chi connectivity index (χ1) is 14.3. The average Bonchev–Trinajstić information content (AvgIpc) is 3.34. The molecule has 0 saturated heterocycles. The number of pyridine rings is 1. The molecule has 0 bridgehead atoms. The SMILES string of the molecule is O=C(NCc1ccccc1F)c1nc2c(C(F)(F)F)cc(-c3ccoc3)cn2c1Cl. The van der Waals surface area contributed by atoms with Crippen LogP contribution in [0.25, 0.3) is 16.8 Å². The highest BCUT2D eigenvalue weighted by Gasteiger charge is 2.36. The first kappa shape index (κ1) is 20.0. The first-order valence-electron chi connectivity index (χ1n) is 8.58. The molecule has 30 heavy (non-hydrogen) atoms. The van der Waals surface area contributed by atoms with Crippen LogP contribution in [0, 0.1) is 5.82 Å². The number of imidazole rings is 1. The summed E-state index contributed by atoms with van der Waals surface area (Å²) in [6, 6.07) is 8.19. The Balaban J connectivity index is 1.75. The van der Waals surface area contributed by atoms with Crippen LogP contribution in [0.4, 0.5) is 17.6 Å². The maximum Gasteiger partial charge on any atom is 0.420 e. The predicted molar refractivity (Wildman–Crippen MR) is 100 cm³/mol. The zero-order valence-electron chi connectivity index (χ0n) is 15.0. The molecular weight excluding hydrogens is 426 g/mol. The van der Waals surface area contributed by atoms with Crippen molar-refractivity contribution in [2.75, 3.05) is 0 Å². The number of nitrogens with one attached hydrogen (secondary N) is 1. The van der Waals surface area contributed by atoms with E-state index >= 15 is 0 Å². The molecule has 3 aromatic heterocycles. The molecule has 3 heterocycles. The summed E-state index contributed by atoms with van der Waals surface area (Å²) >= 11 is 6.20. The summed E-state index contributed by atoms with van der Waals surface area (Å²) in [4.78, 5) is 16.3. The second-order valence-electron chi connectivity index (χ2n) is 6.37. The second kappa shape index (κ2) is 7.49. The van der Waals surface area contributed by atoms with E-state index in [0.29, 0.717) is 5.56 Å². The van der Waals surface area contributed by atoms with E-state index < -0.39 is 34.8 Å². The third kappa shape index (κ3) is 3.63. The van der Waals surface area contributed by atoms with Crippen molar-refractivity contribution in [3.63, 3.8) is 0 Å². The first-order valence-corrected chi connectivity index (χ1v) is 8.96. The van der Waals surface area contributed by atoms with Crippen molar-refractivity contribution < 1.29 is 26.8 Å². The summed E-state index contributed by atoms with van der Waals surface area (Å²) in [6.45, 7) is -0.178. The van der Waals surface area contributed by atoms with Gasteiger partial charge in [-0.2, -0.15) is 13.2 Å². The zero-order chi connectivity index (χ0) is 21.5. The highest BCUT2D eigenvalue weighted by Crippen LogP contribution is 2.37. The molecule has 0 saturated carbocycles. The second-order valence-corrected chi connectivity index (χ2v) is 6.73. The summed E-state index contributed by atoms with van der Waals surface area (Å²) in [5.41, 5.74) is -1.18. The zero-order valence-corrected chi connectivity index (χ0v) is 15.8. The van der Waals surface area contributed by atoms with Gasteiger partial charge in [-0.05, 0) is 18.2 Å². The lowest BCUT2D eigenvalue weighted by molar-refractivity contribution is -0.136. The summed E-state index contributed by atoms with van der Waals surface area (Å²) in [6.07, 6.45) is -0.799. The van der Waals surface area contributed by atoms with E-state index in [2.05, 4.69) is 10.3 Å². The number of benzene rings is 1. The van der Waals surface area contributed by atoms with E-state index in [1.165, 1.54) is 43.0 Å². The van der Waals surface area contributed by atoms with Crippen LogP contribution in [-0.4, -0.2) is 15.3 Å². The summed E-state index contributed by atoms with van der Waals surface area (Å²) in [7, 11) is 0. The molecule has 4 rings (SSSR count). The lowest BCUT2D eigenvalue weighted by Crippen LogP contribution is -2.24. The Morgan fingerprint density at radius 2 is 1.97 bits per heavy atom. The molecule has 1 N–H and O–H groups in total. The van der Waals surface area contributed by atoms with Gasteiger partial charge in [0.25, 0.3) is 5.91 Å². The average molecular weight is 438 g/mol. The number of hydrogen-bond acceptors (Lipinski definition) is 3. The Labute approximate surface area is 171 Å². The largest absolute Gasteiger partial charge is 0.472 e. The van der Waals surface area contributed by atoms with E-state index in [1.807, 2.05) is 0 Å². The lowest BCUT2D eigenvalue weighted by atomic mass is 10.1. The third-order valence-corrected chi connectivity index (χ3v) is 4.80. The highest BCUT2D eigenvalue weighted by atomic mass is 35.5. The molecule has 4 aromatic rings. The van der Waals surface area contributed by atoms with Crippen molar-refractivity contribution in [2.24, 2.45) is 0 Å². The summed E-state index contributed by atoms with van der Waals surface area (Å²) < 4.78 is 60.5. The summed E-state index contributed by atoms with van der Waals surface area (Å²) in [5.74, 6) is -1.35. The maximum absolute atomic E-state index is 13.7. The maximum atomic E-state index is 13.7. The van der Waals surface area contributed by atoms with Crippen molar-refractivity contribution in [1.82, 2.24) is 14.7 Å². The Morgan fingerprint density at radius 3 is 2.63 bits per heavy atom. The molecule has 0 radical (unpaired) electrons. The third-order valence-electron chi connectivity index (χ3n) is 4.43. The van der Waals surface area contributed by atoms with E-state index in [4.69, 9.17) is 16.0 Å². The molecule has 0 spiro atoms. The van der Waals surface area contributed by atoms with Crippen LogP contribution in [0.5, 0.6) is 0 Å². The van der Waals surface area contributed by atoms with Gasteiger partial charge in [-0.15, -0.1) is 0 Å². The molecular formula is C20H12ClF4N3O2. The number of fused-ring (bicyclic) bond motifs is 1. The molecule has 1 amide bonds. The van der Waals surface area contributed by atoms with Crippen molar-refractivity contribution >= 4 is 23.2 Å². The number of carbonyl (C=O) groups is 1. The number of furan rings is 1. The van der Waals surface area contributed by atoms with Gasteiger partial charge in [0.2, 0.25) is 0 Å². The smallest absolute Gasteiger partial charge is 0.420 e. The topological polar surface area (TPSA) is 59.5 Å². The molecule has 10 heteroatoms. The van der Waals surface area contributed by atoms with Crippen molar-refractivity contribution in [1.29, 1.82) is 0 Å². The molecule has 1 aromatic carbocycles. The minimum atomic E-state index is -4.74. The fourth-order valence-corrected chi connectivity index (χ4v) is 3.21. The molecule has 0 fully saturated rings. The molecule has 5 nitrogen and oxygen atoms in total. The standard InChI is InChI=1S/C20H12ClF4N3O2/c21-17-16(19(29)26-8-11-3-1-2-4-15(11)22)27-18-14(20(23,24)25)7-13(9-28(17)18)12-5-6-30-10-12/h1-7,9-10H,8H2,(H,26,29). The number of rotatable bonds is 4. The van der Waals surface area contributed by atoms with Gasteiger partial charge in [0, 0.05) is 29.4 Å². The van der Waals surface area contributed by atoms with Crippen molar-refractivity contribution in [3.8, 4) is 11.1 Å².